The lowest BCUT2D eigenvalue weighted by atomic mass is 10.0. The second-order valence-corrected chi connectivity index (χ2v) is 3.51. The average molecular weight is 218 g/mol. The summed E-state index contributed by atoms with van der Waals surface area (Å²) >= 11 is 0. The van der Waals surface area contributed by atoms with E-state index in [1.165, 1.54) is 4.90 Å². The Morgan fingerprint density at radius 3 is 2.27 bits per heavy atom. The summed E-state index contributed by atoms with van der Waals surface area (Å²) in [5, 5.41) is 8.59. The van der Waals surface area contributed by atoms with E-state index < -0.39 is 17.8 Å². The van der Waals surface area contributed by atoms with E-state index in [1.54, 1.807) is 14.1 Å². The molecular weight excluding hydrogens is 200 g/mol. The van der Waals surface area contributed by atoms with Gasteiger partial charge in [-0.25, -0.2) is 4.79 Å². The van der Waals surface area contributed by atoms with Gasteiger partial charge in [0.15, 0.2) is 0 Å². The highest BCUT2D eigenvalue weighted by Gasteiger charge is 2.42. The number of nitrogens with zero attached hydrogens (tertiary/aromatic N) is 1. The number of ether oxygens (including phenoxy) is 1. The largest absolute Gasteiger partial charge is 0.507 e. The molecule has 0 saturated carbocycles. The molecule has 0 fully saturated rings. The first-order chi connectivity index (χ1) is 6.86. The normalized spacial score (nSPS) is 14.7. The van der Waals surface area contributed by atoms with Crippen LogP contribution in [0.15, 0.2) is 0 Å². The van der Waals surface area contributed by atoms with Gasteiger partial charge in [0.25, 0.3) is 5.91 Å². The van der Waals surface area contributed by atoms with Crippen molar-refractivity contribution in [2.45, 2.75) is 31.9 Å². The maximum atomic E-state index is 11.3. The number of unbranched alkanes of at least 4 members (excludes halogenated alkanes) is 1. The van der Waals surface area contributed by atoms with Crippen molar-refractivity contribution in [1.29, 1.82) is 0 Å². The van der Waals surface area contributed by atoms with Gasteiger partial charge >= 0.3 is 6.16 Å². The van der Waals surface area contributed by atoms with E-state index in [9.17, 15) is 9.59 Å². The molecule has 6 nitrogen and oxygen atoms in total. The molecule has 6 heteroatoms. The lowest BCUT2D eigenvalue weighted by Crippen LogP contribution is -2.57. The monoisotopic (exact) mass is 218 g/mol. The summed E-state index contributed by atoms with van der Waals surface area (Å²) < 4.78 is 4.63. The number of rotatable bonds is 6. The number of amides is 1. The van der Waals surface area contributed by atoms with Crippen LogP contribution in [0, 0.1) is 0 Å². The van der Waals surface area contributed by atoms with Gasteiger partial charge in [0.1, 0.15) is 0 Å². The third-order valence-electron chi connectivity index (χ3n) is 2.23. The van der Waals surface area contributed by atoms with Gasteiger partial charge in [0.2, 0.25) is 5.72 Å². The SMILES string of the molecule is CCCCC(OC(=O)O)(C(N)=O)N(C)C. The van der Waals surface area contributed by atoms with Crippen LogP contribution in [0.5, 0.6) is 0 Å². The zero-order valence-electron chi connectivity index (χ0n) is 9.32. The first-order valence-corrected chi connectivity index (χ1v) is 4.76. The average Bonchev–Trinajstić information content (AvgIpc) is 2.10. The fourth-order valence-electron chi connectivity index (χ4n) is 1.32. The molecule has 15 heavy (non-hydrogen) atoms. The van der Waals surface area contributed by atoms with E-state index in [4.69, 9.17) is 10.8 Å². The molecule has 3 N–H and O–H groups in total. The number of hydrogen-bond acceptors (Lipinski definition) is 4. The Kier molecular flexibility index (Phi) is 5.07. The minimum absolute atomic E-state index is 0.262. The quantitative estimate of drug-likeness (QED) is 0.503. The first-order valence-electron chi connectivity index (χ1n) is 4.76. The molecule has 1 amide bonds. The van der Waals surface area contributed by atoms with Gasteiger partial charge in [-0.05, 0) is 20.5 Å². The van der Waals surface area contributed by atoms with Crippen LogP contribution in [0.2, 0.25) is 0 Å². The van der Waals surface area contributed by atoms with E-state index in [-0.39, 0.29) is 6.42 Å². The minimum Gasteiger partial charge on any atom is -0.450 e. The number of nitrogens with two attached hydrogens (primary N) is 1. The second-order valence-electron chi connectivity index (χ2n) is 3.51. The third-order valence-corrected chi connectivity index (χ3v) is 2.23. The molecule has 0 heterocycles. The summed E-state index contributed by atoms with van der Waals surface area (Å²) in [6.45, 7) is 1.93. The van der Waals surface area contributed by atoms with Crippen LogP contribution in [-0.2, 0) is 9.53 Å². The van der Waals surface area contributed by atoms with E-state index in [1.807, 2.05) is 6.92 Å². The smallest absolute Gasteiger partial charge is 0.450 e. The Hall–Kier alpha value is -1.30. The molecule has 0 rings (SSSR count). The summed E-state index contributed by atoms with van der Waals surface area (Å²) in [6, 6.07) is 0. The van der Waals surface area contributed by atoms with Crippen LogP contribution >= 0.6 is 0 Å². The standard InChI is InChI=1S/C9H18N2O4/c1-4-5-6-9(7(10)12,11(2)3)15-8(13)14/h4-6H2,1-3H3,(H2,10,12)(H,13,14). The van der Waals surface area contributed by atoms with Crippen molar-refractivity contribution in [1.82, 2.24) is 4.90 Å². The number of primary amides is 1. The molecule has 1 atom stereocenters. The van der Waals surface area contributed by atoms with Gasteiger partial charge in [0.05, 0.1) is 0 Å². The van der Waals surface area contributed by atoms with Crippen LogP contribution in [0.25, 0.3) is 0 Å². The van der Waals surface area contributed by atoms with Gasteiger partial charge < -0.3 is 15.6 Å². The number of carboxylic acid groups (broad SMARTS) is 1. The molecule has 1 unspecified atom stereocenters. The van der Waals surface area contributed by atoms with Crippen LogP contribution in [0.4, 0.5) is 4.79 Å². The molecule has 0 aliphatic rings. The number of carbonyl (C=O) groups excluding carboxylic acids is 1. The Labute approximate surface area is 89.0 Å². The molecule has 0 saturated heterocycles. The van der Waals surface area contributed by atoms with E-state index in [2.05, 4.69) is 4.74 Å². The molecule has 0 aromatic rings. The van der Waals surface area contributed by atoms with Crippen LogP contribution in [0.1, 0.15) is 26.2 Å². The van der Waals surface area contributed by atoms with Crippen molar-refractivity contribution in [3.8, 4) is 0 Å². The highest BCUT2D eigenvalue weighted by Crippen LogP contribution is 2.21. The number of carbonyl (C=O) groups is 2. The highest BCUT2D eigenvalue weighted by atomic mass is 16.7. The molecule has 0 aliphatic heterocycles. The Bertz CT molecular complexity index is 242. The van der Waals surface area contributed by atoms with Crippen molar-refractivity contribution >= 4 is 12.1 Å². The molecule has 0 spiro atoms. The number of hydrogen-bond donors (Lipinski definition) is 2. The zero-order valence-corrected chi connectivity index (χ0v) is 9.32. The number of likely N-dealkylation sites (N-methyl/N-ethyl adjacent to an activating group) is 1. The second kappa shape index (κ2) is 5.55. The maximum absolute atomic E-state index is 11.3. The molecule has 0 bridgehead atoms. The molecule has 88 valence electrons. The lowest BCUT2D eigenvalue weighted by molar-refractivity contribution is -0.160. The minimum atomic E-state index is -1.55. The molecule has 0 aromatic carbocycles. The Balaban J connectivity index is 4.89. The Morgan fingerprint density at radius 2 is 2.00 bits per heavy atom. The fourth-order valence-corrected chi connectivity index (χ4v) is 1.32. The summed E-state index contributed by atoms with van der Waals surface area (Å²) in [5.74, 6) is -0.789. The van der Waals surface area contributed by atoms with Gasteiger partial charge in [0, 0.05) is 6.42 Å². The Morgan fingerprint density at radius 1 is 1.47 bits per heavy atom. The summed E-state index contributed by atoms with van der Waals surface area (Å²) in [4.78, 5) is 23.2. The van der Waals surface area contributed by atoms with Crippen molar-refractivity contribution in [2.24, 2.45) is 5.73 Å². The highest BCUT2D eigenvalue weighted by molar-refractivity contribution is 5.84. The van der Waals surface area contributed by atoms with Crippen LogP contribution in [-0.4, -0.2) is 41.9 Å². The molecular formula is C9H18N2O4. The van der Waals surface area contributed by atoms with Gasteiger partial charge in [-0.3, -0.25) is 9.69 Å². The van der Waals surface area contributed by atoms with E-state index >= 15 is 0 Å². The first kappa shape index (κ1) is 13.7. The van der Waals surface area contributed by atoms with Gasteiger partial charge in [-0.1, -0.05) is 13.3 Å². The van der Waals surface area contributed by atoms with Crippen molar-refractivity contribution in [3.63, 3.8) is 0 Å². The summed E-state index contributed by atoms with van der Waals surface area (Å²) in [7, 11) is 3.12. The summed E-state index contributed by atoms with van der Waals surface area (Å²) in [5.41, 5.74) is 3.64. The summed E-state index contributed by atoms with van der Waals surface area (Å²) in [6.07, 6.45) is 0.247. The predicted octanol–water partition coefficient (Wildman–Crippen LogP) is 0.614. The van der Waals surface area contributed by atoms with Crippen molar-refractivity contribution < 1.29 is 19.4 Å². The van der Waals surface area contributed by atoms with Crippen LogP contribution in [0.3, 0.4) is 0 Å². The lowest BCUT2D eigenvalue weighted by Gasteiger charge is -2.34. The predicted molar refractivity (Wildman–Crippen MR) is 54.2 cm³/mol. The van der Waals surface area contributed by atoms with Gasteiger partial charge in [-0.15, -0.1) is 0 Å². The molecule has 0 aromatic heterocycles. The van der Waals surface area contributed by atoms with E-state index in [0.29, 0.717) is 6.42 Å². The fraction of sp³-hybridized carbons (Fsp3) is 0.778. The van der Waals surface area contributed by atoms with E-state index in [0.717, 1.165) is 6.42 Å². The van der Waals surface area contributed by atoms with Crippen molar-refractivity contribution in [3.05, 3.63) is 0 Å². The maximum Gasteiger partial charge on any atom is 0.507 e. The topological polar surface area (TPSA) is 92.9 Å². The molecule has 0 radical (unpaired) electrons. The van der Waals surface area contributed by atoms with Gasteiger partial charge in [-0.2, -0.15) is 0 Å². The van der Waals surface area contributed by atoms with Crippen molar-refractivity contribution in [2.75, 3.05) is 14.1 Å². The zero-order chi connectivity index (χ0) is 12.1. The third kappa shape index (κ3) is 3.39. The molecule has 0 aliphatic carbocycles. The van der Waals surface area contributed by atoms with Crippen LogP contribution < -0.4 is 5.73 Å².